The number of amides is 1. The molecule has 0 aliphatic heterocycles. The van der Waals surface area contributed by atoms with Crippen LogP contribution in [0.4, 0.5) is 4.39 Å². The molecule has 1 unspecified atom stereocenters. The quantitative estimate of drug-likeness (QED) is 0.818. The highest BCUT2D eigenvalue weighted by atomic mass is 32.2. The molecule has 0 radical (unpaired) electrons. The summed E-state index contributed by atoms with van der Waals surface area (Å²) in [4.78, 5) is 11.5. The summed E-state index contributed by atoms with van der Waals surface area (Å²) in [6.45, 7) is 0.249. The zero-order valence-corrected chi connectivity index (χ0v) is 9.51. The van der Waals surface area contributed by atoms with Crippen molar-refractivity contribution in [1.29, 1.82) is 0 Å². The van der Waals surface area contributed by atoms with E-state index in [4.69, 9.17) is 0 Å². The lowest BCUT2D eigenvalue weighted by Crippen LogP contribution is -2.27. The molecule has 0 aromatic heterocycles. The SMILES string of the molecule is CS(=O)CCNC(=O)c1ccc(F)cc1O. The highest BCUT2D eigenvalue weighted by molar-refractivity contribution is 7.84. The van der Waals surface area contributed by atoms with Gasteiger partial charge >= 0.3 is 0 Å². The Morgan fingerprint density at radius 2 is 2.25 bits per heavy atom. The van der Waals surface area contributed by atoms with Crippen LogP contribution < -0.4 is 5.32 Å². The molecule has 1 aromatic carbocycles. The molecule has 1 atom stereocenters. The van der Waals surface area contributed by atoms with E-state index >= 15 is 0 Å². The highest BCUT2D eigenvalue weighted by Gasteiger charge is 2.11. The Morgan fingerprint density at radius 3 is 2.81 bits per heavy atom. The first-order valence-corrected chi connectivity index (χ1v) is 6.30. The van der Waals surface area contributed by atoms with Crippen molar-refractivity contribution in [3.05, 3.63) is 29.6 Å². The number of rotatable bonds is 4. The molecule has 1 rings (SSSR count). The van der Waals surface area contributed by atoms with Crippen LogP contribution in [0.3, 0.4) is 0 Å². The minimum atomic E-state index is -0.985. The van der Waals surface area contributed by atoms with E-state index in [0.29, 0.717) is 5.75 Å². The van der Waals surface area contributed by atoms with Gasteiger partial charge in [-0.2, -0.15) is 0 Å². The second-order valence-corrected chi connectivity index (χ2v) is 4.75. The summed E-state index contributed by atoms with van der Waals surface area (Å²) in [6.07, 6.45) is 1.53. The monoisotopic (exact) mass is 245 g/mol. The van der Waals surface area contributed by atoms with Crippen LogP contribution in [-0.4, -0.2) is 33.8 Å². The van der Waals surface area contributed by atoms with Gasteiger partial charge in [-0.1, -0.05) is 0 Å². The zero-order chi connectivity index (χ0) is 12.1. The smallest absolute Gasteiger partial charge is 0.255 e. The topological polar surface area (TPSA) is 66.4 Å². The van der Waals surface area contributed by atoms with Crippen LogP contribution in [0.25, 0.3) is 0 Å². The molecule has 1 aromatic rings. The van der Waals surface area contributed by atoms with Gasteiger partial charge in [-0.25, -0.2) is 4.39 Å². The van der Waals surface area contributed by atoms with Crippen molar-refractivity contribution in [2.45, 2.75) is 0 Å². The van der Waals surface area contributed by atoms with E-state index in [1.807, 2.05) is 0 Å². The van der Waals surface area contributed by atoms with Gasteiger partial charge in [-0.15, -0.1) is 0 Å². The average Bonchev–Trinajstić information content (AvgIpc) is 2.16. The number of halogens is 1. The van der Waals surface area contributed by atoms with Crippen LogP contribution in [-0.2, 0) is 10.8 Å². The zero-order valence-electron chi connectivity index (χ0n) is 8.70. The van der Waals surface area contributed by atoms with Crippen molar-refractivity contribution in [3.8, 4) is 5.75 Å². The van der Waals surface area contributed by atoms with Crippen LogP contribution in [0.2, 0.25) is 0 Å². The lowest BCUT2D eigenvalue weighted by atomic mass is 10.2. The summed E-state index contributed by atoms with van der Waals surface area (Å²) < 4.78 is 23.4. The lowest BCUT2D eigenvalue weighted by Gasteiger charge is -2.05. The standard InChI is InChI=1S/C10H12FNO3S/c1-16(15)5-4-12-10(14)8-3-2-7(11)6-9(8)13/h2-3,6,13H,4-5H2,1H3,(H,12,14). The maximum absolute atomic E-state index is 12.6. The van der Waals surface area contributed by atoms with Gasteiger partial charge in [0.15, 0.2) is 0 Å². The number of hydrogen-bond donors (Lipinski definition) is 2. The molecule has 0 heterocycles. The van der Waals surface area contributed by atoms with Crippen molar-refractivity contribution in [2.75, 3.05) is 18.6 Å². The number of aromatic hydroxyl groups is 1. The molecule has 0 saturated heterocycles. The van der Waals surface area contributed by atoms with Gasteiger partial charge in [0.2, 0.25) is 0 Å². The van der Waals surface area contributed by atoms with Crippen molar-refractivity contribution >= 4 is 16.7 Å². The maximum atomic E-state index is 12.6. The normalized spacial score (nSPS) is 12.1. The van der Waals surface area contributed by atoms with Crippen molar-refractivity contribution in [2.24, 2.45) is 0 Å². The highest BCUT2D eigenvalue weighted by Crippen LogP contribution is 2.17. The number of nitrogens with one attached hydrogen (secondary N) is 1. The average molecular weight is 245 g/mol. The number of carbonyl (C=O) groups is 1. The van der Waals surface area contributed by atoms with E-state index in [0.717, 1.165) is 12.1 Å². The second kappa shape index (κ2) is 5.60. The first-order chi connectivity index (χ1) is 7.50. The fraction of sp³-hybridized carbons (Fsp3) is 0.300. The van der Waals surface area contributed by atoms with Gasteiger partial charge in [-0.05, 0) is 12.1 Å². The Balaban J connectivity index is 2.63. The molecule has 0 aliphatic rings. The summed E-state index contributed by atoms with van der Waals surface area (Å²) >= 11 is 0. The molecule has 0 fully saturated rings. The van der Waals surface area contributed by atoms with Crippen LogP contribution in [0.1, 0.15) is 10.4 Å². The minimum absolute atomic E-state index is 0.00304. The molecule has 0 aliphatic carbocycles. The second-order valence-electron chi connectivity index (χ2n) is 3.19. The number of benzene rings is 1. The Bertz CT molecular complexity index is 423. The van der Waals surface area contributed by atoms with E-state index in [1.54, 1.807) is 0 Å². The Kier molecular flexibility index (Phi) is 4.42. The summed E-state index contributed by atoms with van der Waals surface area (Å²) in [6, 6.07) is 3.16. The predicted molar refractivity (Wildman–Crippen MR) is 59.3 cm³/mol. The van der Waals surface area contributed by atoms with Crippen LogP contribution in [0.15, 0.2) is 18.2 Å². The van der Waals surface area contributed by atoms with Crippen molar-refractivity contribution in [1.82, 2.24) is 5.32 Å². The van der Waals surface area contributed by atoms with Crippen LogP contribution in [0, 0.1) is 5.82 Å². The Hall–Kier alpha value is -1.43. The molecule has 0 bridgehead atoms. The molecule has 2 N–H and O–H groups in total. The van der Waals surface area contributed by atoms with E-state index in [1.165, 1.54) is 12.3 Å². The molecular formula is C10H12FNO3S. The summed E-state index contributed by atoms with van der Waals surface area (Å²) in [5, 5.41) is 11.8. The number of hydrogen-bond acceptors (Lipinski definition) is 3. The van der Waals surface area contributed by atoms with Crippen LogP contribution >= 0.6 is 0 Å². The van der Waals surface area contributed by atoms with Gasteiger partial charge in [-0.3, -0.25) is 9.00 Å². The number of phenolic OH excluding ortho intramolecular Hbond substituents is 1. The summed E-state index contributed by atoms with van der Waals surface area (Å²) in [5.41, 5.74) is 0.00304. The molecule has 88 valence electrons. The molecule has 0 spiro atoms. The fourth-order valence-electron chi connectivity index (χ4n) is 1.10. The van der Waals surface area contributed by atoms with Crippen molar-refractivity contribution < 1.29 is 18.5 Å². The number of carbonyl (C=O) groups excluding carboxylic acids is 1. The summed E-state index contributed by atoms with van der Waals surface area (Å²) in [7, 11) is -0.985. The van der Waals surface area contributed by atoms with E-state index in [-0.39, 0.29) is 12.1 Å². The molecule has 6 heteroatoms. The van der Waals surface area contributed by atoms with Crippen LogP contribution in [0.5, 0.6) is 5.75 Å². The largest absolute Gasteiger partial charge is 0.507 e. The van der Waals surface area contributed by atoms with Gasteiger partial charge in [0.1, 0.15) is 11.6 Å². The van der Waals surface area contributed by atoms with Gasteiger partial charge in [0, 0.05) is 35.4 Å². The summed E-state index contributed by atoms with van der Waals surface area (Å²) in [5.74, 6) is -1.19. The Morgan fingerprint density at radius 1 is 1.56 bits per heavy atom. The molecule has 0 saturated carbocycles. The van der Waals surface area contributed by atoms with E-state index < -0.39 is 28.3 Å². The maximum Gasteiger partial charge on any atom is 0.255 e. The predicted octanol–water partition coefficient (Wildman–Crippen LogP) is 0.640. The minimum Gasteiger partial charge on any atom is -0.507 e. The Labute approximate surface area is 94.9 Å². The first-order valence-electron chi connectivity index (χ1n) is 4.57. The van der Waals surface area contributed by atoms with Gasteiger partial charge in [0.05, 0.1) is 5.56 Å². The number of phenols is 1. The first kappa shape index (κ1) is 12.6. The molecule has 16 heavy (non-hydrogen) atoms. The van der Waals surface area contributed by atoms with E-state index in [9.17, 15) is 18.5 Å². The third-order valence-corrected chi connectivity index (χ3v) is 2.66. The van der Waals surface area contributed by atoms with Crippen molar-refractivity contribution in [3.63, 3.8) is 0 Å². The van der Waals surface area contributed by atoms with Gasteiger partial charge < -0.3 is 10.4 Å². The third kappa shape index (κ3) is 3.62. The third-order valence-electron chi connectivity index (χ3n) is 1.88. The van der Waals surface area contributed by atoms with Gasteiger partial charge in [0.25, 0.3) is 5.91 Å². The molecular weight excluding hydrogens is 233 g/mol. The molecule has 4 nitrogen and oxygen atoms in total. The van der Waals surface area contributed by atoms with E-state index in [2.05, 4.69) is 5.32 Å². The fourth-order valence-corrected chi connectivity index (χ4v) is 1.49. The molecule has 1 amide bonds. The lowest BCUT2D eigenvalue weighted by molar-refractivity contribution is 0.0953.